The first-order chi connectivity index (χ1) is 2.89. The van der Waals surface area contributed by atoms with Gasteiger partial charge in [-0.15, -0.1) is 0 Å². The molecule has 2 nitrogen and oxygen atoms in total. The average Bonchev–Trinajstić information content (AvgIpc) is 1.86. The third kappa shape index (κ3) is 0.698. The summed E-state index contributed by atoms with van der Waals surface area (Å²) in [5.74, 6) is 0. The van der Waals surface area contributed by atoms with Gasteiger partial charge in [0.25, 0.3) is 0 Å². The van der Waals surface area contributed by atoms with Gasteiger partial charge in [-0.2, -0.15) is 0 Å². The molecule has 0 aliphatic carbocycles. The zero-order valence-electron chi connectivity index (χ0n) is 3.78. The van der Waals surface area contributed by atoms with E-state index in [-0.39, 0.29) is 1.43 Å². The molecule has 0 radical (unpaired) electrons. The molecule has 1 fully saturated rings. The lowest BCUT2D eigenvalue weighted by Gasteiger charge is -1.91. The fraction of sp³-hybridized carbons (Fsp3) is 1.00. The van der Waals surface area contributed by atoms with E-state index in [1.165, 1.54) is 0 Å². The Morgan fingerprint density at radius 2 is 2.67 bits per heavy atom. The topological polar surface area (TPSA) is 38.0 Å². The molecule has 0 aromatic heterocycles. The average molecular weight is 88.2 g/mol. The van der Waals surface area contributed by atoms with E-state index in [2.05, 4.69) is 5.32 Å². The van der Waals surface area contributed by atoms with Crippen molar-refractivity contribution in [1.29, 1.82) is 0 Å². The van der Waals surface area contributed by atoms with Gasteiger partial charge in [0.05, 0.1) is 0 Å². The molecule has 1 atom stereocenters. The summed E-state index contributed by atoms with van der Waals surface area (Å²) < 4.78 is 0. The number of nitrogens with one attached hydrogen (secondary N) is 1. The van der Waals surface area contributed by atoms with Gasteiger partial charge in [0.15, 0.2) is 0 Å². The summed E-state index contributed by atoms with van der Waals surface area (Å²) in [6, 6.07) is 0.435. The van der Waals surface area contributed by atoms with Crippen LogP contribution in [0.2, 0.25) is 0 Å². The normalized spacial score (nSPS) is 34.5. The molecule has 0 unspecified atom stereocenters. The summed E-state index contributed by atoms with van der Waals surface area (Å²) in [7, 11) is 0. The molecule has 6 heavy (non-hydrogen) atoms. The van der Waals surface area contributed by atoms with E-state index in [9.17, 15) is 0 Å². The Labute approximate surface area is 39.2 Å². The number of hydrogen-bond acceptors (Lipinski definition) is 2. The maximum atomic E-state index is 5.47. The van der Waals surface area contributed by atoms with Gasteiger partial charge in [-0.3, -0.25) is 0 Å². The van der Waals surface area contributed by atoms with Crippen LogP contribution in [0.1, 0.15) is 7.85 Å². The third-order valence-corrected chi connectivity index (χ3v) is 1.10. The van der Waals surface area contributed by atoms with Crippen LogP contribution in [0.25, 0.3) is 0 Å². The van der Waals surface area contributed by atoms with Crippen LogP contribution in [-0.2, 0) is 0 Å². The van der Waals surface area contributed by atoms with Crippen molar-refractivity contribution >= 4 is 0 Å². The monoisotopic (exact) mass is 88.1 g/mol. The van der Waals surface area contributed by atoms with Crippen LogP contribution >= 0.6 is 0 Å². The predicted octanol–water partition coefficient (Wildman–Crippen LogP) is -0.447. The zero-order valence-corrected chi connectivity index (χ0v) is 3.78. The van der Waals surface area contributed by atoms with Gasteiger partial charge in [0.2, 0.25) is 0 Å². The van der Waals surface area contributed by atoms with Crippen LogP contribution in [0.15, 0.2) is 0 Å². The van der Waals surface area contributed by atoms with Crippen molar-refractivity contribution in [1.82, 2.24) is 5.32 Å². The van der Waals surface area contributed by atoms with E-state index in [0.717, 1.165) is 19.5 Å². The second-order valence-electron chi connectivity index (χ2n) is 1.75. The fourth-order valence-electron chi connectivity index (χ4n) is 0.677. The maximum Gasteiger partial charge on any atom is 0.0177 e. The van der Waals surface area contributed by atoms with Crippen LogP contribution in [0.4, 0.5) is 0 Å². The third-order valence-electron chi connectivity index (χ3n) is 1.10. The Balaban J connectivity index is 0.000000360. The summed E-state index contributed by atoms with van der Waals surface area (Å²) in [6.45, 7) is 2.13. The molecule has 0 bridgehead atoms. The van der Waals surface area contributed by atoms with Gasteiger partial charge in [0.1, 0.15) is 0 Å². The fourth-order valence-corrected chi connectivity index (χ4v) is 0.677. The molecule has 1 rings (SSSR count). The van der Waals surface area contributed by atoms with Gasteiger partial charge in [-0.25, -0.2) is 0 Å². The van der Waals surface area contributed by atoms with Gasteiger partial charge < -0.3 is 11.1 Å². The van der Waals surface area contributed by atoms with E-state index >= 15 is 0 Å². The molecule has 1 saturated heterocycles. The van der Waals surface area contributed by atoms with Crippen molar-refractivity contribution in [3.63, 3.8) is 0 Å². The second-order valence-corrected chi connectivity index (χ2v) is 1.75. The van der Waals surface area contributed by atoms with Crippen LogP contribution in [-0.4, -0.2) is 19.1 Å². The molecule has 0 saturated carbocycles. The Morgan fingerprint density at radius 1 is 1.83 bits per heavy atom. The first kappa shape index (κ1) is 4.09. The highest BCUT2D eigenvalue weighted by molar-refractivity contribution is 4.72. The molecule has 2 heteroatoms. The van der Waals surface area contributed by atoms with Crippen molar-refractivity contribution < 1.29 is 1.43 Å². The zero-order chi connectivity index (χ0) is 4.41. The number of nitrogens with two attached hydrogens (primary N) is 1. The summed E-state index contributed by atoms with van der Waals surface area (Å²) in [5.41, 5.74) is 5.47. The molecule has 1 aliphatic rings. The number of hydrogen-bond donors (Lipinski definition) is 2. The largest absolute Gasteiger partial charge is 0.327 e. The molecular formula is C4H12N2. The minimum atomic E-state index is 0. The van der Waals surface area contributed by atoms with Crippen molar-refractivity contribution in [3.05, 3.63) is 0 Å². The second kappa shape index (κ2) is 1.58. The molecule has 1 aliphatic heterocycles. The smallest absolute Gasteiger partial charge is 0.0177 e. The summed E-state index contributed by atoms with van der Waals surface area (Å²) in [4.78, 5) is 0. The van der Waals surface area contributed by atoms with Gasteiger partial charge in [0, 0.05) is 14.0 Å². The predicted molar refractivity (Wildman–Crippen MR) is 27.6 cm³/mol. The molecule has 0 aromatic carbocycles. The van der Waals surface area contributed by atoms with Crippen LogP contribution in [0.5, 0.6) is 0 Å². The van der Waals surface area contributed by atoms with Crippen LogP contribution < -0.4 is 11.1 Å². The molecule has 3 N–H and O–H groups in total. The van der Waals surface area contributed by atoms with Crippen molar-refractivity contribution in [2.75, 3.05) is 13.1 Å². The SMILES string of the molecule is N[C@@H]1CCNC1.[HH]. The first-order valence-corrected chi connectivity index (χ1v) is 2.36. The van der Waals surface area contributed by atoms with E-state index in [0.29, 0.717) is 6.04 Å². The minimum absolute atomic E-state index is 0. The van der Waals surface area contributed by atoms with E-state index in [1.807, 2.05) is 0 Å². The summed E-state index contributed by atoms with van der Waals surface area (Å²) in [6.07, 6.45) is 1.15. The van der Waals surface area contributed by atoms with Gasteiger partial charge >= 0.3 is 0 Å². The number of rotatable bonds is 0. The highest BCUT2D eigenvalue weighted by atomic mass is 14.9. The van der Waals surface area contributed by atoms with E-state index < -0.39 is 0 Å². The highest BCUT2D eigenvalue weighted by Crippen LogP contribution is 1.90. The standard InChI is InChI=1S/C4H10N2.H2/c5-4-1-2-6-3-4;/h4,6H,1-3,5H2;1H/t4-;/m1./s1. The Bertz CT molecular complexity index is 43.0. The van der Waals surface area contributed by atoms with E-state index in [1.54, 1.807) is 0 Å². The van der Waals surface area contributed by atoms with Crippen molar-refractivity contribution in [2.24, 2.45) is 5.73 Å². The Kier molecular flexibility index (Phi) is 1.08. The summed E-state index contributed by atoms with van der Waals surface area (Å²) in [5, 5.41) is 3.15. The molecule has 0 amide bonds. The molecule has 0 aromatic rings. The Hall–Kier alpha value is -0.0800. The molecule has 1 heterocycles. The van der Waals surface area contributed by atoms with Gasteiger partial charge in [-0.1, -0.05) is 0 Å². The molecular weight excluding hydrogens is 76.1 g/mol. The van der Waals surface area contributed by atoms with E-state index in [4.69, 9.17) is 5.73 Å². The van der Waals surface area contributed by atoms with Gasteiger partial charge in [-0.05, 0) is 13.0 Å². The quantitative estimate of drug-likeness (QED) is 0.421. The maximum absolute atomic E-state index is 5.47. The van der Waals surface area contributed by atoms with Crippen LogP contribution in [0, 0.1) is 0 Å². The molecule has 0 spiro atoms. The lowest BCUT2D eigenvalue weighted by Crippen LogP contribution is -2.21. The van der Waals surface area contributed by atoms with Crippen molar-refractivity contribution in [2.45, 2.75) is 12.5 Å². The lowest BCUT2D eigenvalue weighted by atomic mass is 10.3. The first-order valence-electron chi connectivity index (χ1n) is 2.36. The van der Waals surface area contributed by atoms with Crippen LogP contribution in [0.3, 0.4) is 0 Å². The lowest BCUT2D eigenvalue weighted by molar-refractivity contribution is 0.742. The highest BCUT2D eigenvalue weighted by Gasteiger charge is 2.06. The minimum Gasteiger partial charge on any atom is -0.327 e. The Morgan fingerprint density at radius 3 is 2.83 bits per heavy atom. The summed E-state index contributed by atoms with van der Waals surface area (Å²) >= 11 is 0. The van der Waals surface area contributed by atoms with Crippen molar-refractivity contribution in [3.8, 4) is 0 Å². The molecule has 38 valence electrons.